The molecular weight excluding hydrogens is 347 g/mol. The summed E-state index contributed by atoms with van der Waals surface area (Å²) in [6.45, 7) is 0. The summed E-state index contributed by atoms with van der Waals surface area (Å²) < 4.78 is 2.62. The molecule has 1 aromatic heterocycles. The van der Waals surface area contributed by atoms with Crippen molar-refractivity contribution in [3.05, 3.63) is 26.6 Å². The van der Waals surface area contributed by atoms with E-state index in [2.05, 4.69) is 47.0 Å². The van der Waals surface area contributed by atoms with Crippen molar-refractivity contribution in [3.63, 3.8) is 0 Å². The van der Waals surface area contributed by atoms with Gasteiger partial charge in [0.05, 0.1) is 5.88 Å². The van der Waals surface area contributed by atoms with Gasteiger partial charge in [0.2, 0.25) is 0 Å². The van der Waals surface area contributed by atoms with Crippen molar-refractivity contribution in [1.29, 1.82) is 0 Å². The van der Waals surface area contributed by atoms with E-state index in [0.29, 0.717) is 5.88 Å². The van der Waals surface area contributed by atoms with E-state index in [1.165, 1.54) is 23.4 Å². The number of benzene rings is 1. The molecule has 0 fully saturated rings. The Kier molecular flexibility index (Phi) is 3.63. The van der Waals surface area contributed by atoms with Crippen molar-refractivity contribution >= 4 is 67.4 Å². The van der Waals surface area contributed by atoms with Gasteiger partial charge in [-0.05, 0) is 47.0 Å². The van der Waals surface area contributed by atoms with Crippen LogP contribution in [0, 0.1) is 3.57 Å². The molecule has 1 heterocycles. The van der Waals surface area contributed by atoms with Gasteiger partial charge in [0.25, 0.3) is 0 Å². The molecule has 0 saturated heterocycles. The van der Waals surface area contributed by atoms with Crippen LogP contribution in [0.1, 0.15) is 4.88 Å². The summed E-state index contributed by atoms with van der Waals surface area (Å²) in [6.07, 6.45) is 2.11. The van der Waals surface area contributed by atoms with E-state index in [0.717, 1.165) is 0 Å². The van der Waals surface area contributed by atoms with Crippen molar-refractivity contribution in [1.82, 2.24) is 0 Å². The highest BCUT2D eigenvalue weighted by molar-refractivity contribution is 14.1. The van der Waals surface area contributed by atoms with E-state index in [1.54, 1.807) is 23.1 Å². The van der Waals surface area contributed by atoms with Crippen molar-refractivity contribution in [2.45, 2.75) is 10.8 Å². The molecule has 0 aliphatic rings. The molecule has 0 nitrogen and oxygen atoms in total. The third-order valence-electron chi connectivity index (χ3n) is 2.00. The molecule has 4 heteroatoms. The van der Waals surface area contributed by atoms with Crippen LogP contribution >= 0.6 is 57.3 Å². The van der Waals surface area contributed by atoms with Crippen LogP contribution in [-0.4, -0.2) is 6.26 Å². The largest absolute Gasteiger partial charge is 0.138 e. The van der Waals surface area contributed by atoms with E-state index >= 15 is 0 Å². The fraction of sp³-hybridized carbons (Fsp3) is 0.200. The molecule has 0 amide bonds. The number of fused-ring (bicyclic) bond motifs is 1. The summed E-state index contributed by atoms with van der Waals surface area (Å²) in [5.74, 6) is 0.617. The Hall–Kier alpha value is 0.550. The molecule has 0 saturated carbocycles. The van der Waals surface area contributed by atoms with Crippen molar-refractivity contribution in [2.24, 2.45) is 0 Å². The molecule has 0 aliphatic heterocycles. The minimum absolute atomic E-state index is 0.617. The fourth-order valence-electron chi connectivity index (χ4n) is 1.41. The molecule has 0 unspecified atom stereocenters. The van der Waals surface area contributed by atoms with Gasteiger partial charge in [0, 0.05) is 23.4 Å². The normalized spacial score (nSPS) is 11.1. The molecule has 2 aromatic rings. The van der Waals surface area contributed by atoms with Gasteiger partial charge in [-0.1, -0.05) is 0 Å². The Morgan fingerprint density at radius 2 is 2.29 bits per heavy atom. The van der Waals surface area contributed by atoms with Crippen molar-refractivity contribution in [2.75, 3.05) is 6.26 Å². The van der Waals surface area contributed by atoms with E-state index in [4.69, 9.17) is 11.6 Å². The van der Waals surface area contributed by atoms with E-state index in [9.17, 15) is 0 Å². The van der Waals surface area contributed by atoms with Gasteiger partial charge in [-0.25, -0.2) is 0 Å². The van der Waals surface area contributed by atoms with Crippen LogP contribution in [0.15, 0.2) is 23.1 Å². The lowest BCUT2D eigenvalue weighted by molar-refractivity contribution is 1.40. The Morgan fingerprint density at radius 1 is 1.50 bits per heavy atom. The van der Waals surface area contributed by atoms with Crippen molar-refractivity contribution in [3.8, 4) is 0 Å². The summed E-state index contributed by atoms with van der Waals surface area (Å²) in [4.78, 5) is 2.63. The van der Waals surface area contributed by atoms with Gasteiger partial charge in [0.1, 0.15) is 0 Å². The maximum absolute atomic E-state index is 5.92. The maximum Gasteiger partial charge on any atom is 0.0579 e. The lowest BCUT2D eigenvalue weighted by atomic mass is 10.2. The standard InChI is InChI=1S/C10H8ClIS2/c1-13-10-7-4-6(12)2-3-8(7)14-9(10)5-11/h2-4H,5H2,1H3. The fourth-order valence-corrected chi connectivity index (χ4v) is 4.34. The predicted octanol–water partition coefficient (Wildman–Crippen LogP) is 4.97. The highest BCUT2D eigenvalue weighted by atomic mass is 127. The molecule has 0 spiro atoms. The van der Waals surface area contributed by atoms with Gasteiger partial charge in [-0.15, -0.1) is 34.7 Å². The molecule has 14 heavy (non-hydrogen) atoms. The second-order valence-electron chi connectivity index (χ2n) is 2.83. The number of thioether (sulfide) groups is 1. The molecule has 0 atom stereocenters. The first-order chi connectivity index (χ1) is 6.76. The quantitative estimate of drug-likeness (QED) is 0.417. The van der Waals surface area contributed by atoms with Crippen molar-refractivity contribution < 1.29 is 0 Å². The van der Waals surface area contributed by atoms with Crippen LogP contribution in [0.25, 0.3) is 10.1 Å². The smallest absolute Gasteiger partial charge is 0.0579 e. The van der Waals surface area contributed by atoms with Crippen LogP contribution in [0.4, 0.5) is 0 Å². The Balaban J connectivity index is 2.74. The first kappa shape index (κ1) is 11.0. The van der Waals surface area contributed by atoms with Gasteiger partial charge < -0.3 is 0 Å². The minimum Gasteiger partial charge on any atom is -0.138 e. The minimum atomic E-state index is 0.617. The lowest BCUT2D eigenvalue weighted by Gasteiger charge is -1.96. The number of hydrogen-bond donors (Lipinski definition) is 0. The summed E-state index contributed by atoms with van der Waals surface area (Å²) in [7, 11) is 0. The van der Waals surface area contributed by atoms with Crippen LogP contribution in [0.5, 0.6) is 0 Å². The maximum atomic E-state index is 5.92. The van der Waals surface area contributed by atoms with Crippen LogP contribution in [0.2, 0.25) is 0 Å². The molecule has 0 radical (unpaired) electrons. The predicted molar refractivity (Wildman–Crippen MR) is 75.9 cm³/mol. The molecule has 74 valence electrons. The van der Waals surface area contributed by atoms with E-state index in [1.807, 2.05) is 0 Å². The third kappa shape index (κ3) is 1.92. The molecule has 0 aliphatic carbocycles. The molecule has 2 rings (SSSR count). The monoisotopic (exact) mass is 354 g/mol. The van der Waals surface area contributed by atoms with E-state index in [-0.39, 0.29) is 0 Å². The second-order valence-corrected chi connectivity index (χ2v) is 6.30. The molecular formula is C10H8ClIS2. The second kappa shape index (κ2) is 4.60. The Bertz CT molecular complexity index is 464. The lowest BCUT2D eigenvalue weighted by Crippen LogP contribution is -1.74. The molecule has 0 N–H and O–H groups in total. The highest BCUT2D eigenvalue weighted by Gasteiger charge is 2.10. The Labute approximate surface area is 110 Å². The highest BCUT2D eigenvalue weighted by Crippen LogP contribution is 2.38. The summed E-state index contributed by atoms with van der Waals surface area (Å²) in [5.41, 5.74) is 0. The summed E-state index contributed by atoms with van der Waals surface area (Å²) in [5, 5.41) is 1.35. The SMILES string of the molecule is CSc1c(CCl)sc2ccc(I)cc12. The number of halogens is 2. The van der Waals surface area contributed by atoms with Gasteiger partial charge in [-0.2, -0.15) is 0 Å². The summed E-state index contributed by atoms with van der Waals surface area (Å²) in [6, 6.07) is 6.55. The summed E-state index contributed by atoms with van der Waals surface area (Å²) >= 11 is 11.9. The zero-order chi connectivity index (χ0) is 10.1. The van der Waals surface area contributed by atoms with Crippen LogP contribution in [0.3, 0.4) is 0 Å². The third-order valence-corrected chi connectivity index (χ3v) is 5.27. The number of thiophene rings is 1. The zero-order valence-electron chi connectivity index (χ0n) is 7.51. The molecule has 0 bridgehead atoms. The Morgan fingerprint density at radius 3 is 2.93 bits per heavy atom. The average Bonchev–Trinajstić information content (AvgIpc) is 2.54. The number of alkyl halides is 1. The molecule has 1 aromatic carbocycles. The average molecular weight is 355 g/mol. The van der Waals surface area contributed by atoms with Crippen LogP contribution < -0.4 is 0 Å². The number of hydrogen-bond acceptors (Lipinski definition) is 2. The van der Waals surface area contributed by atoms with E-state index < -0.39 is 0 Å². The van der Waals surface area contributed by atoms with Gasteiger partial charge >= 0.3 is 0 Å². The van der Waals surface area contributed by atoms with Gasteiger partial charge in [-0.3, -0.25) is 0 Å². The topological polar surface area (TPSA) is 0 Å². The zero-order valence-corrected chi connectivity index (χ0v) is 12.1. The first-order valence-corrected chi connectivity index (χ1v) is 7.72. The number of rotatable bonds is 2. The first-order valence-electron chi connectivity index (χ1n) is 4.07. The van der Waals surface area contributed by atoms with Crippen LogP contribution in [-0.2, 0) is 5.88 Å². The van der Waals surface area contributed by atoms with Gasteiger partial charge in [0.15, 0.2) is 0 Å².